The standard InChI is InChI=1S/C13H16ClNO2/c1-9(2)8-16-10-3-4-11-12(5-6-14)15-17-13(11)7-10/h3-4,7,9H,5-6,8H2,1-2H3. The number of hydrogen-bond donors (Lipinski definition) is 0. The van der Waals surface area contributed by atoms with Crippen LogP contribution in [0.15, 0.2) is 22.7 Å². The monoisotopic (exact) mass is 253 g/mol. The Kier molecular flexibility index (Phi) is 3.89. The van der Waals surface area contributed by atoms with Gasteiger partial charge in [0.25, 0.3) is 0 Å². The minimum atomic E-state index is 0.507. The summed E-state index contributed by atoms with van der Waals surface area (Å²) in [6.07, 6.45) is 0.723. The number of fused-ring (bicyclic) bond motifs is 1. The Balaban J connectivity index is 2.20. The summed E-state index contributed by atoms with van der Waals surface area (Å²) in [5.74, 6) is 1.87. The van der Waals surface area contributed by atoms with Crippen molar-refractivity contribution in [3.63, 3.8) is 0 Å². The van der Waals surface area contributed by atoms with Gasteiger partial charge in [-0.05, 0) is 18.1 Å². The van der Waals surface area contributed by atoms with Gasteiger partial charge in [0.05, 0.1) is 12.3 Å². The molecule has 2 aromatic rings. The Morgan fingerprint density at radius 3 is 2.94 bits per heavy atom. The van der Waals surface area contributed by atoms with Gasteiger partial charge in [0.1, 0.15) is 5.75 Å². The summed E-state index contributed by atoms with van der Waals surface area (Å²) in [5, 5.41) is 5.02. The smallest absolute Gasteiger partial charge is 0.170 e. The molecule has 0 saturated heterocycles. The molecule has 0 spiro atoms. The van der Waals surface area contributed by atoms with Crippen LogP contribution >= 0.6 is 11.6 Å². The minimum Gasteiger partial charge on any atom is -0.493 e. The molecule has 0 N–H and O–H groups in total. The molecule has 0 amide bonds. The highest BCUT2D eigenvalue weighted by atomic mass is 35.5. The molecule has 1 aromatic heterocycles. The predicted octanol–water partition coefficient (Wildman–Crippen LogP) is 3.64. The topological polar surface area (TPSA) is 35.3 Å². The third-order valence-electron chi connectivity index (χ3n) is 2.43. The van der Waals surface area contributed by atoms with E-state index >= 15 is 0 Å². The maximum Gasteiger partial charge on any atom is 0.170 e. The zero-order valence-corrected chi connectivity index (χ0v) is 10.8. The Labute approximate surface area is 106 Å². The van der Waals surface area contributed by atoms with E-state index in [1.807, 2.05) is 18.2 Å². The van der Waals surface area contributed by atoms with E-state index in [1.54, 1.807) is 0 Å². The molecule has 92 valence electrons. The second-order valence-electron chi connectivity index (χ2n) is 4.43. The molecule has 1 aromatic carbocycles. The molecule has 0 aliphatic heterocycles. The molecule has 1 heterocycles. The van der Waals surface area contributed by atoms with Crippen LogP contribution in [0.3, 0.4) is 0 Å². The van der Waals surface area contributed by atoms with Crippen LogP contribution in [0.2, 0.25) is 0 Å². The maximum absolute atomic E-state index is 5.70. The molecule has 0 radical (unpaired) electrons. The molecule has 4 heteroatoms. The fourth-order valence-electron chi connectivity index (χ4n) is 1.59. The molecule has 3 nitrogen and oxygen atoms in total. The summed E-state index contributed by atoms with van der Waals surface area (Å²) < 4.78 is 10.9. The van der Waals surface area contributed by atoms with Gasteiger partial charge in [-0.25, -0.2) is 0 Å². The van der Waals surface area contributed by atoms with E-state index in [0.717, 1.165) is 28.8 Å². The lowest BCUT2D eigenvalue weighted by Gasteiger charge is -2.07. The average molecular weight is 254 g/mol. The van der Waals surface area contributed by atoms with E-state index in [9.17, 15) is 0 Å². The Morgan fingerprint density at radius 2 is 2.24 bits per heavy atom. The van der Waals surface area contributed by atoms with Crippen molar-refractivity contribution in [2.75, 3.05) is 12.5 Å². The van der Waals surface area contributed by atoms with Crippen LogP contribution < -0.4 is 4.74 Å². The number of aryl methyl sites for hydroxylation is 1. The van der Waals surface area contributed by atoms with Crippen LogP contribution in [0, 0.1) is 5.92 Å². The lowest BCUT2D eigenvalue weighted by Crippen LogP contribution is -2.04. The lowest BCUT2D eigenvalue weighted by molar-refractivity contribution is 0.271. The second-order valence-corrected chi connectivity index (χ2v) is 4.81. The summed E-state index contributed by atoms with van der Waals surface area (Å²) in [7, 11) is 0. The zero-order valence-electron chi connectivity index (χ0n) is 10.1. The first-order chi connectivity index (χ1) is 8.20. The highest BCUT2D eigenvalue weighted by Crippen LogP contribution is 2.24. The quantitative estimate of drug-likeness (QED) is 0.763. The van der Waals surface area contributed by atoms with Crippen molar-refractivity contribution in [2.24, 2.45) is 5.92 Å². The lowest BCUT2D eigenvalue weighted by atomic mass is 10.2. The minimum absolute atomic E-state index is 0.507. The SMILES string of the molecule is CC(C)COc1ccc2c(CCCl)noc2c1. The molecule has 0 aliphatic carbocycles. The van der Waals surface area contributed by atoms with Crippen LogP contribution in [0.1, 0.15) is 19.5 Å². The van der Waals surface area contributed by atoms with Crippen molar-refractivity contribution in [2.45, 2.75) is 20.3 Å². The number of ether oxygens (including phenoxy) is 1. The van der Waals surface area contributed by atoms with Crippen molar-refractivity contribution < 1.29 is 9.26 Å². The van der Waals surface area contributed by atoms with Crippen molar-refractivity contribution in [3.8, 4) is 5.75 Å². The zero-order chi connectivity index (χ0) is 12.3. The molecule has 0 saturated carbocycles. The first-order valence-corrected chi connectivity index (χ1v) is 6.31. The van der Waals surface area contributed by atoms with Crippen LogP contribution in [0.5, 0.6) is 5.75 Å². The molecular weight excluding hydrogens is 238 g/mol. The van der Waals surface area contributed by atoms with Gasteiger partial charge in [0.2, 0.25) is 0 Å². The molecular formula is C13H16ClNO2. The Morgan fingerprint density at radius 1 is 1.41 bits per heavy atom. The van der Waals surface area contributed by atoms with E-state index in [1.165, 1.54) is 0 Å². The average Bonchev–Trinajstić information content (AvgIpc) is 2.70. The van der Waals surface area contributed by atoms with Crippen molar-refractivity contribution in [1.82, 2.24) is 5.16 Å². The van der Waals surface area contributed by atoms with Crippen molar-refractivity contribution in [3.05, 3.63) is 23.9 Å². The summed E-state index contributed by atoms with van der Waals surface area (Å²) in [4.78, 5) is 0. The van der Waals surface area contributed by atoms with E-state index in [0.29, 0.717) is 18.4 Å². The van der Waals surface area contributed by atoms with E-state index in [-0.39, 0.29) is 0 Å². The van der Waals surface area contributed by atoms with Crippen molar-refractivity contribution >= 4 is 22.6 Å². The number of aromatic nitrogens is 1. The van der Waals surface area contributed by atoms with Crippen LogP contribution in [0.4, 0.5) is 0 Å². The number of alkyl halides is 1. The number of rotatable bonds is 5. The van der Waals surface area contributed by atoms with Gasteiger partial charge in [0.15, 0.2) is 5.58 Å². The van der Waals surface area contributed by atoms with Crippen molar-refractivity contribution in [1.29, 1.82) is 0 Å². The van der Waals surface area contributed by atoms with Gasteiger partial charge in [0, 0.05) is 23.8 Å². The number of benzene rings is 1. The number of nitrogens with zero attached hydrogens (tertiary/aromatic N) is 1. The molecule has 2 rings (SSSR count). The molecule has 0 fully saturated rings. The molecule has 0 bridgehead atoms. The summed E-state index contributed by atoms with van der Waals surface area (Å²) >= 11 is 5.70. The third kappa shape index (κ3) is 2.91. The second kappa shape index (κ2) is 5.41. The summed E-state index contributed by atoms with van der Waals surface area (Å²) in [6.45, 7) is 4.94. The normalized spacial score (nSPS) is 11.3. The van der Waals surface area contributed by atoms with Gasteiger partial charge in [-0.3, -0.25) is 0 Å². The highest BCUT2D eigenvalue weighted by molar-refractivity contribution is 6.18. The fraction of sp³-hybridized carbons (Fsp3) is 0.462. The highest BCUT2D eigenvalue weighted by Gasteiger charge is 2.08. The van der Waals surface area contributed by atoms with Gasteiger partial charge >= 0.3 is 0 Å². The predicted molar refractivity (Wildman–Crippen MR) is 68.8 cm³/mol. The number of halogens is 1. The van der Waals surface area contributed by atoms with Gasteiger partial charge in [-0.2, -0.15) is 0 Å². The summed E-state index contributed by atoms with van der Waals surface area (Å²) in [5.41, 5.74) is 1.66. The first-order valence-electron chi connectivity index (χ1n) is 5.77. The third-order valence-corrected chi connectivity index (χ3v) is 2.62. The molecule has 0 unspecified atom stereocenters. The molecule has 17 heavy (non-hydrogen) atoms. The Bertz CT molecular complexity index is 493. The van der Waals surface area contributed by atoms with E-state index in [4.69, 9.17) is 20.9 Å². The summed E-state index contributed by atoms with van der Waals surface area (Å²) in [6, 6.07) is 5.80. The van der Waals surface area contributed by atoms with Gasteiger partial charge in [-0.15, -0.1) is 11.6 Å². The molecule has 0 aliphatic rings. The fourth-order valence-corrected chi connectivity index (χ4v) is 1.77. The molecule has 0 atom stereocenters. The number of hydrogen-bond acceptors (Lipinski definition) is 3. The Hall–Kier alpha value is -1.22. The van der Waals surface area contributed by atoms with Crippen LogP contribution in [-0.2, 0) is 6.42 Å². The van der Waals surface area contributed by atoms with Crippen LogP contribution in [-0.4, -0.2) is 17.6 Å². The largest absolute Gasteiger partial charge is 0.493 e. The van der Waals surface area contributed by atoms with Gasteiger partial charge in [-0.1, -0.05) is 19.0 Å². The van der Waals surface area contributed by atoms with E-state index < -0.39 is 0 Å². The van der Waals surface area contributed by atoms with Crippen LogP contribution in [0.25, 0.3) is 11.0 Å². The maximum atomic E-state index is 5.70. The van der Waals surface area contributed by atoms with E-state index in [2.05, 4.69) is 19.0 Å². The van der Waals surface area contributed by atoms with Gasteiger partial charge < -0.3 is 9.26 Å². The first kappa shape index (κ1) is 12.2.